The number of nitrogens with zero attached hydrogens (tertiary/aromatic N) is 1. The predicted molar refractivity (Wildman–Crippen MR) is 122 cm³/mol. The van der Waals surface area contributed by atoms with Crippen LogP contribution in [0, 0.1) is 46.1 Å². The number of hydrogen-bond donors (Lipinski definition) is 1. The first-order chi connectivity index (χ1) is 15.6. The Balaban J connectivity index is 1.41. The van der Waals surface area contributed by atoms with E-state index >= 15 is 0 Å². The van der Waals surface area contributed by atoms with E-state index < -0.39 is 17.5 Å². The lowest BCUT2D eigenvalue weighted by atomic mass is 9.46. The summed E-state index contributed by atoms with van der Waals surface area (Å²) in [6, 6.07) is 3.92. The van der Waals surface area contributed by atoms with Crippen molar-refractivity contribution in [2.45, 2.75) is 65.0 Å². The van der Waals surface area contributed by atoms with Crippen LogP contribution in [0.15, 0.2) is 30.4 Å². The summed E-state index contributed by atoms with van der Waals surface area (Å²) in [6.07, 6.45) is 8.82. The SMILES string of the molecule is CC1C[C@H]2N(C)C(=O)C=C[C@]2(C)[C@H]2CC[C@]3(C)C(NC(=O)c4cccc(F)c4F)CC[C@H]3[C@H]12. The third-order valence-corrected chi connectivity index (χ3v) is 10.0. The van der Waals surface area contributed by atoms with Crippen molar-refractivity contribution in [1.29, 1.82) is 0 Å². The number of nitrogens with one attached hydrogen (secondary N) is 1. The van der Waals surface area contributed by atoms with E-state index in [4.69, 9.17) is 0 Å². The van der Waals surface area contributed by atoms with Gasteiger partial charge < -0.3 is 10.2 Å². The van der Waals surface area contributed by atoms with Gasteiger partial charge in [0, 0.05) is 24.5 Å². The van der Waals surface area contributed by atoms with E-state index in [0.717, 1.165) is 38.2 Å². The molecule has 2 amide bonds. The Morgan fingerprint density at radius 2 is 1.91 bits per heavy atom. The van der Waals surface area contributed by atoms with Gasteiger partial charge in [0.25, 0.3) is 5.91 Å². The van der Waals surface area contributed by atoms with Crippen molar-refractivity contribution >= 4 is 11.8 Å². The second-order valence-electron chi connectivity index (χ2n) is 11.4. The monoisotopic (exact) mass is 456 g/mol. The molecule has 0 bridgehead atoms. The van der Waals surface area contributed by atoms with Crippen LogP contribution in [-0.4, -0.2) is 35.8 Å². The zero-order valence-electron chi connectivity index (χ0n) is 19.9. The molecule has 0 aromatic heterocycles. The third-order valence-electron chi connectivity index (χ3n) is 10.0. The molecular formula is C27H34F2N2O2. The van der Waals surface area contributed by atoms with Crippen LogP contribution in [-0.2, 0) is 4.79 Å². The average molecular weight is 457 g/mol. The van der Waals surface area contributed by atoms with Gasteiger partial charge in [-0.25, -0.2) is 8.78 Å². The second kappa shape index (κ2) is 7.64. The summed E-state index contributed by atoms with van der Waals surface area (Å²) >= 11 is 0. The van der Waals surface area contributed by atoms with Crippen LogP contribution in [0.25, 0.3) is 0 Å². The van der Waals surface area contributed by atoms with Gasteiger partial charge in [-0.1, -0.05) is 32.9 Å². The summed E-state index contributed by atoms with van der Waals surface area (Å²) in [5.41, 5.74) is -0.331. The van der Waals surface area contributed by atoms with E-state index in [9.17, 15) is 18.4 Å². The highest BCUT2D eigenvalue weighted by molar-refractivity contribution is 5.94. The normalized spacial score (nSPS) is 41.9. The molecule has 178 valence electrons. The zero-order valence-corrected chi connectivity index (χ0v) is 19.9. The summed E-state index contributed by atoms with van der Waals surface area (Å²) in [6.45, 7) is 6.93. The minimum Gasteiger partial charge on any atom is -0.349 e. The van der Waals surface area contributed by atoms with E-state index in [1.54, 1.807) is 6.08 Å². The fourth-order valence-corrected chi connectivity index (χ4v) is 8.21. The number of likely N-dealkylation sites (N-methyl/N-ethyl adjacent to an activating group) is 1. The molecule has 3 aliphatic carbocycles. The number of halogens is 2. The molecular weight excluding hydrogens is 422 g/mol. The Bertz CT molecular complexity index is 1030. The van der Waals surface area contributed by atoms with Crippen LogP contribution >= 0.6 is 0 Å². The molecule has 4 aliphatic rings. The van der Waals surface area contributed by atoms with Gasteiger partial charge in [0.1, 0.15) is 0 Å². The number of rotatable bonds is 2. The van der Waals surface area contributed by atoms with Crippen LogP contribution in [0.4, 0.5) is 8.78 Å². The van der Waals surface area contributed by atoms with Crippen molar-refractivity contribution in [2.24, 2.45) is 34.5 Å². The van der Waals surface area contributed by atoms with Crippen LogP contribution < -0.4 is 5.32 Å². The van der Waals surface area contributed by atoms with Gasteiger partial charge in [0.2, 0.25) is 5.91 Å². The molecule has 1 aliphatic heterocycles. The molecule has 0 saturated heterocycles. The Hall–Kier alpha value is -2.24. The third kappa shape index (κ3) is 3.19. The van der Waals surface area contributed by atoms with Crippen molar-refractivity contribution in [1.82, 2.24) is 10.2 Å². The summed E-state index contributed by atoms with van der Waals surface area (Å²) in [7, 11) is 1.93. The smallest absolute Gasteiger partial charge is 0.254 e. The summed E-state index contributed by atoms with van der Waals surface area (Å²) < 4.78 is 27.9. The van der Waals surface area contributed by atoms with E-state index in [0.29, 0.717) is 23.7 Å². The van der Waals surface area contributed by atoms with Crippen LogP contribution in [0.1, 0.15) is 63.2 Å². The highest BCUT2D eigenvalue weighted by Gasteiger charge is 2.62. The Kier molecular flexibility index (Phi) is 5.22. The minimum absolute atomic E-state index is 0.0345. The van der Waals surface area contributed by atoms with Gasteiger partial charge in [0.05, 0.1) is 5.56 Å². The molecule has 2 unspecified atom stereocenters. The molecule has 0 radical (unpaired) electrons. The first kappa shape index (κ1) is 22.5. The summed E-state index contributed by atoms with van der Waals surface area (Å²) in [4.78, 5) is 27.2. The first-order valence-electron chi connectivity index (χ1n) is 12.3. The maximum Gasteiger partial charge on any atom is 0.254 e. The van der Waals surface area contributed by atoms with Crippen molar-refractivity contribution in [3.63, 3.8) is 0 Å². The number of carbonyl (C=O) groups is 2. The second-order valence-corrected chi connectivity index (χ2v) is 11.4. The van der Waals surface area contributed by atoms with Gasteiger partial charge in [-0.2, -0.15) is 0 Å². The van der Waals surface area contributed by atoms with Gasteiger partial charge in [-0.15, -0.1) is 0 Å². The largest absolute Gasteiger partial charge is 0.349 e. The fourth-order valence-electron chi connectivity index (χ4n) is 8.21. The van der Waals surface area contributed by atoms with Crippen LogP contribution in [0.5, 0.6) is 0 Å². The lowest BCUT2D eigenvalue weighted by molar-refractivity contribution is -0.143. The van der Waals surface area contributed by atoms with Gasteiger partial charge in [-0.05, 0) is 79.4 Å². The zero-order chi connectivity index (χ0) is 23.7. The van der Waals surface area contributed by atoms with Gasteiger partial charge in [-0.3, -0.25) is 9.59 Å². The molecule has 1 N–H and O–H groups in total. The van der Waals surface area contributed by atoms with Gasteiger partial charge >= 0.3 is 0 Å². The van der Waals surface area contributed by atoms with Crippen LogP contribution in [0.2, 0.25) is 0 Å². The lowest BCUT2D eigenvalue weighted by Gasteiger charge is -2.62. The topological polar surface area (TPSA) is 49.4 Å². The van der Waals surface area contributed by atoms with Crippen molar-refractivity contribution in [2.75, 3.05) is 7.05 Å². The molecule has 0 spiro atoms. The molecule has 1 heterocycles. The highest BCUT2D eigenvalue weighted by Crippen LogP contribution is 2.65. The lowest BCUT2D eigenvalue weighted by Crippen LogP contribution is -2.62. The molecule has 3 saturated carbocycles. The molecule has 33 heavy (non-hydrogen) atoms. The summed E-state index contributed by atoms with van der Waals surface area (Å²) in [5, 5.41) is 3.08. The molecule has 8 atom stereocenters. The van der Waals surface area contributed by atoms with Crippen molar-refractivity contribution in [3.8, 4) is 0 Å². The maximum atomic E-state index is 14.2. The van der Waals surface area contributed by atoms with E-state index in [1.807, 2.05) is 11.9 Å². The van der Waals surface area contributed by atoms with Gasteiger partial charge in [0.15, 0.2) is 11.6 Å². The number of fused-ring (bicyclic) bond motifs is 5. The van der Waals surface area contributed by atoms with E-state index in [1.165, 1.54) is 12.1 Å². The number of amides is 2. The quantitative estimate of drug-likeness (QED) is 0.685. The highest BCUT2D eigenvalue weighted by atomic mass is 19.2. The molecule has 6 heteroatoms. The Labute approximate surface area is 194 Å². The molecule has 3 fully saturated rings. The summed E-state index contributed by atoms with van der Waals surface area (Å²) in [5.74, 6) is -0.563. The molecule has 4 nitrogen and oxygen atoms in total. The average Bonchev–Trinajstić information content (AvgIpc) is 3.10. The number of carbonyl (C=O) groups excluding carboxylic acids is 2. The van der Waals surface area contributed by atoms with Crippen molar-refractivity contribution in [3.05, 3.63) is 47.5 Å². The first-order valence-corrected chi connectivity index (χ1v) is 12.3. The molecule has 1 aromatic rings. The maximum absolute atomic E-state index is 14.2. The molecule has 5 rings (SSSR count). The number of benzene rings is 1. The van der Waals surface area contributed by atoms with E-state index in [-0.39, 0.29) is 34.4 Å². The minimum atomic E-state index is -1.08. The predicted octanol–water partition coefficient (Wildman–Crippen LogP) is 4.95. The molecule has 1 aromatic carbocycles. The van der Waals surface area contributed by atoms with Crippen molar-refractivity contribution < 1.29 is 18.4 Å². The van der Waals surface area contributed by atoms with Crippen LogP contribution in [0.3, 0.4) is 0 Å². The Morgan fingerprint density at radius 1 is 1.15 bits per heavy atom. The number of hydrogen-bond acceptors (Lipinski definition) is 2. The Morgan fingerprint density at radius 3 is 2.67 bits per heavy atom. The standard InChI is InChI=1S/C27H34F2N2O2/c1-15-14-21-27(3,13-11-22(32)31(21)4)18-10-12-26(2)17(23(15)18)8-9-20(26)30-25(33)16-6-5-7-19(28)24(16)29/h5-7,11,13,15,17-18,20-21,23H,8-10,12,14H2,1-4H3,(H,30,33)/t15?,17-,18-,20?,21+,23-,26-,27+/m0/s1. The fraction of sp³-hybridized carbons (Fsp3) is 0.630. The van der Waals surface area contributed by atoms with E-state index in [2.05, 4.69) is 32.2 Å².